The number of carbonyl (C=O) groups is 1. The minimum absolute atomic E-state index is 0.0484. The molecular formula is C24H22FN5O4. The maximum atomic E-state index is 13.2. The summed E-state index contributed by atoms with van der Waals surface area (Å²) in [4.78, 5) is 25.5. The van der Waals surface area contributed by atoms with E-state index >= 15 is 0 Å². The first-order valence-electron chi connectivity index (χ1n) is 10.5. The maximum Gasteiger partial charge on any atom is 0.276 e. The number of anilines is 2. The molecule has 1 fully saturated rings. The SMILES string of the molecule is COc1cc(C(=O)N2C=C3CC2CN3c2cnc(N)cc2OC)ncc1Oc1ccc(F)cc1. The van der Waals surface area contributed by atoms with Crippen molar-refractivity contribution in [2.24, 2.45) is 0 Å². The van der Waals surface area contributed by atoms with Gasteiger partial charge >= 0.3 is 0 Å². The zero-order valence-electron chi connectivity index (χ0n) is 18.6. The summed E-state index contributed by atoms with van der Waals surface area (Å²) < 4.78 is 29.7. The number of rotatable bonds is 6. The Balaban J connectivity index is 1.36. The number of benzene rings is 1. The summed E-state index contributed by atoms with van der Waals surface area (Å²) in [5.74, 6) is 1.49. The Bertz CT molecular complexity index is 1280. The quantitative estimate of drug-likeness (QED) is 0.592. The van der Waals surface area contributed by atoms with E-state index in [0.717, 1.165) is 11.4 Å². The van der Waals surface area contributed by atoms with Crippen molar-refractivity contribution >= 4 is 17.4 Å². The standard InChI is InChI=1S/C24H22FN5O4/c1-32-20-9-23(26)28-10-19(20)29-12-16-7-15(29)13-30(16)24(31)18-8-21(33-2)22(11-27-18)34-17-5-3-14(25)4-6-17/h3-6,8-11,13,16H,7,12H2,1-2H3,(H2,26,28). The van der Waals surface area contributed by atoms with E-state index in [2.05, 4.69) is 14.9 Å². The number of hydrogen-bond acceptors (Lipinski definition) is 8. The normalized spacial score (nSPS) is 16.4. The molecule has 9 nitrogen and oxygen atoms in total. The first-order chi connectivity index (χ1) is 16.5. The van der Waals surface area contributed by atoms with Gasteiger partial charge in [0.2, 0.25) is 0 Å². The van der Waals surface area contributed by atoms with Gasteiger partial charge in [-0.25, -0.2) is 14.4 Å². The van der Waals surface area contributed by atoms with Crippen LogP contribution in [0.25, 0.3) is 0 Å². The highest BCUT2D eigenvalue weighted by atomic mass is 19.1. The van der Waals surface area contributed by atoms with Gasteiger partial charge in [-0.2, -0.15) is 0 Å². The highest BCUT2D eigenvalue weighted by molar-refractivity contribution is 5.94. The first kappa shape index (κ1) is 21.5. The van der Waals surface area contributed by atoms with Gasteiger partial charge in [-0.15, -0.1) is 0 Å². The fourth-order valence-corrected chi connectivity index (χ4v) is 4.15. The van der Waals surface area contributed by atoms with Crippen LogP contribution in [0.4, 0.5) is 15.9 Å². The lowest BCUT2D eigenvalue weighted by Crippen LogP contribution is -2.40. The monoisotopic (exact) mass is 463 g/mol. The lowest BCUT2D eigenvalue weighted by atomic mass is 10.2. The molecule has 10 heteroatoms. The van der Waals surface area contributed by atoms with Crippen LogP contribution in [0.15, 0.2) is 60.7 Å². The van der Waals surface area contributed by atoms with Gasteiger partial charge < -0.3 is 29.7 Å². The molecule has 4 heterocycles. The molecule has 2 N–H and O–H groups in total. The van der Waals surface area contributed by atoms with E-state index in [1.807, 2.05) is 6.20 Å². The van der Waals surface area contributed by atoms with Crippen LogP contribution >= 0.6 is 0 Å². The van der Waals surface area contributed by atoms with E-state index in [9.17, 15) is 9.18 Å². The van der Waals surface area contributed by atoms with Crippen molar-refractivity contribution in [2.75, 3.05) is 31.4 Å². The Morgan fingerprint density at radius 3 is 2.50 bits per heavy atom. The molecule has 5 rings (SSSR count). The molecule has 0 aliphatic carbocycles. The number of halogens is 1. The number of carbonyl (C=O) groups excluding carboxylic acids is 1. The highest BCUT2D eigenvalue weighted by Crippen LogP contribution is 2.41. The third-order valence-corrected chi connectivity index (χ3v) is 5.79. The molecular weight excluding hydrogens is 441 g/mol. The van der Waals surface area contributed by atoms with Gasteiger partial charge in [0.15, 0.2) is 11.5 Å². The smallest absolute Gasteiger partial charge is 0.276 e. The minimum atomic E-state index is -0.364. The second-order valence-corrected chi connectivity index (χ2v) is 7.86. The molecule has 0 spiro atoms. The number of nitrogen functional groups attached to an aromatic ring is 1. The molecule has 2 aliphatic rings. The fourth-order valence-electron chi connectivity index (χ4n) is 4.15. The molecule has 1 unspecified atom stereocenters. The van der Waals surface area contributed by atoms with Crippen molar-refractivity contribution in [3.05, 3.63) is 72.2 Å². The van der Waals surface area contributed by atoms with Crippen LogP contribution in [0.3, 0.4) is 0 Å². The van der Waals surface area contributed by atoms with Gasteiger partial charge in [0.1, 0.15) is 34.5 Å². The van der Waals surface area contributed by atoms with Gasteiger partial charge in [-0.05, 0) is 24.3 Å². The second-order valence-electron chi connectivity index (χ2n) is 7.86. The molecule has 1 atom stereocenters. The average Bonchev–Trinajstić information content (AvgIpc) is 3.46. The Hall–Kier alpha value is -4.34. The molecule has 174 valence electrons. The summed E-state index contributed by atoms with van der Waals surface area (Å²) >= 11 is 0. The van der Waals surface area contributed by atoms with Crippen LogP contribution in [-0.4, -0.2) is 47.6 Å². The fraction of sp³-hybridized carbons (Fsp3) is 0.208. The zero-order valence-corrected chi connectivity index (χ0v) is 18.6. The number of methoxy groups -OCH3 is 2. The summed E-state index contributed by atoms with van der Waals surface area (Å²) in [6, 6.07) is 8.75. The molecule has 2 bridgehead atoms. The Morgan fingerprint density at radius 1 is 1.06 bits per heavy atom. The number of nitrogens with zero attached hydrogens (tertiary/aromatic N) is 4. The highest BCUT2D eigenvalue weighted by Gasteiger charge is 2.41. The minimum Gasteiger partial charge on any atom is -0.494 e. The molecule has 34 heavy (non-hydrogen) atoms. The van der Waals surface area contributed by atoms with Gasteiger partial charge in [0.25, 0.3) is 5.91 Å². The third kappa shape index (κ3) is 3.83. The summed E-state index contributed by atoms with van der Waals surface area (Å²) in [5, 5.41) is 0. The van der Waals surface area contributed by atoms with Gasteiger partial charge in [0.05, 0.1) is 32.7 Å². The van der Waals surface area contributed by atoms with Gasteiger partial charge in [-0.1, -0.05) is 0 Å². The van der Waals surface area contributed by atoms with Crippen LogP contribution < -0.4 is 24.8 Å². The molecule has 0 saturated carbocycles. The largest absolute Gasteiger partial charge is 0.494 e. The van der Waals surface area contributed by atoms with Crippen molar-refractivity contribution in [1.29, 1.82) is 0 Å². The van der Waals surface area contributed by atoms with Crippen molar-refractivity contribution < 1.29 is 23.4 Å². The molecule has 0 radical (unpaired) electrons. The van der Waals surface area contributed by atoms with E-state index in [1.54, 1.807) is 24.3 Å². The lowest BCUT2D eigenvalue weighted by molar-refractivity contribution is 0.0783. The van der Waals surface area contributed by atoms with Crippen LogP contribution in [0.2, 0.25) is 0 Å². The summed E-state index contributed by atoms with van der Waals surface area (Å²) in [7, 11) is 3.06. The predicted molar refractivity (Wildman–Crippen MR) is 122 cm³/mol. The number of nitrogens with two attached hydrogens (primary N) is 1. The van der Waals surface area contributed by atoms with Crippen LogP contribution in [0, 0.1) is 5.82 Å². The number of hydrogen-bond donors (Lipinski definition) is 1. The van der Waals surface area contributed by atoms with E-state index in [1.165, 1.54) is 43.6 Å². The number of fused-ring (bicyclic) bond motifs is 2. The van der Waals surface area contributed by atoms with Gasteiger partial charge in [-0.3, -0.25) is 4.79 Å². The average molecular weight is 463 g/mol. The number of aromatic nitrogens is 2. The Morgan fingerprint density at radius 2 is 1.82 bits per heavy atom. The van der Waals surface area contributed by atoms with Gasteiger partial charge in [0, 0.05) is 37.0 Å². The molecule has 1 saturated heterocycles. The van der Waals surface area contributed by atoms with E-state index in [4.69, 9.17) is 19.9 Å². The first-order valence-corrected chi connectivity index (χ1v) is 10.5. The Kier molecular flexibility index (Phi) is 5.40. The van der Waals surface area contributed by atoms with E-state index in [0.29, 0.717) is 41.8 Å². The summed E-state index contributed by atoms with van der Waals surface area (Å²) in [6.07, 6.45) is 5.63. The summed E-state index contributed by atoms with van der Waals surface area (Å²) in [6.45, 7) is 0.600. The topological polar surface area (TPSA) is 103 Å². The molecule has 2 aliphatic heterocycles. The number of ether oxygens (including phenoxy) is 3. The van der Waals surface area contributed by atoms with E-state index < -0.39 is 0 Å². The van der Waals surface area contributed by atoms with Crippen molar-refractivity contribution in [3.63, 3.8) is 0 Å². The molecule has 2 aromatic heterocycles. The second kappa shape index (κ2) is 8.54. The van der Waals surface area contributed by atoms with Crippen LogP contribution in [-0.2, 0) is 0 Å². The third-order valence-electron chi connectivity index (χ3n) is 5.79. The zero-order chi connectivity index (χ0) is 23.8. The molecule has 1 aromatic carbocycles. The van der Waals surface area contributed by atoms with Crippen LogP contribution in [0.5, 0.6) is 23.0 Å². The Labute approximate surface area is 195 Å². The van der Waals surface area contributed by atoms with E-state index in [-0.39, 0.29) is 23.5 Å². The summed E-state index contributed by atoms with van der Waals surface area (Å²) in [5.41, 5.74) is 7.78. The molecule has 3 aromatic rings. The predicted octanol–water partition coefficient (Wildman–Crippen LogP) is 3.58. The van der Waals surface area contributed by atoms with Crippen molar-refractivity contribution in [3.8, 4) is 23.0 Å². The lowest BCUT2D eigenvalue weighted by Gasteiger charge is -2.30. The number of pyridine rings is 2. The maximum absolute atomic E-state index is 13.2. The van der Waals surface area contributed by atoms with Crippen LogP contribution in [0.1, 0.15) is 16.9 Å². The van der Waals surface area contributed by atoms with Crippen molar-refractivity contribution in [2.45, 2.75) is 12.5 Å². The number of amides is 1. The molecule has 1 amide bonds. The van der Waals surface area contributed by atoms with Crippen molar-refractivity contribution in [1.82, 2.24) is 14.9 Å².